The zero-order chi connectivity index (χ0) is 14.5. The van der Waals surface area contributed by atoms with E-state index in [-0.39, 0.29) is 18.1 Å². The molecule has 0 aliphatic rings. The number of nitrogen functional groups attached to an aromatic ring is 1. The average molecular weight is 337 g/mol. The third-order valence-electron chi connectivity index (χ3n) is 2.60. The molecule has 0 aliphatic heterocycles. The van der Waals surface area contributed by atoms with Gasteiger partial charge in [-0.3, -0.25) is 0 Å². The first-order chi connectivity index (χ1) is 9.61. The Balaban J connectivity index is 2.21. The highest BCUT2D eigenvalue weighted by atomic mass is 79.9. The minimum atomic E-state index is -0.535. The highest BCUT2D eigenvalue weighted by Crippen LogP contribution is 2.22. The van der Waals surface area contributed by atoms with Gasteiger partial charge in [-0.05, 0) is 12.1 Å². The molecule has 5 nitrogen and oxygen atoms in total. The lowest BCUT2D eigenvalue weighted by molar-refractivity contribution is 0.0594. The molecule has 0 radical (unpaired) electrons. The molecule has 0 atom stereocenters. The molecule has 0 amide bonds. The lowest BCUT2D eigenvalue weighted by Gasteiger charge is -2.10. The van der Waals surface area contributed by atoms with Crippen LogP contribution in [-0.2, 0) is 11.3 Å². The number of pyridine rings is 1. The lowest BCUT2D eigenvalue weighted by Crippen LogP contribution is -2.08. The number of methoxy groups -OCH3 is 1. The molecule has 0 fully saturated rings. The molecule has 0 spiro atoms. The normalized spacial score (nSPS) is 10.1. The molecule has 0 unspecified atom stereocenters. The molecule has 20 heavy (non-hydrogen) atoms. The van der Waals surface area contributed by atoms with E-state index in [1.165, 1.54) is 19.4 Å². The molecule has 104 valence electrons. The summed E-state index contributed by atoms with van der Waals surface area (Å²) in [5, 5.41) is 0. The monoisotopic (exact) mass is 336 g/mol. The van der Waals surface area contributed by atoms with Crippen LogP contribution in [-0.4, -0.2) is 18.1 Å². The summed E-state index contributed by atoms with van der Waals surface area (Å²) in [6.07, 6.45) is 1.43. The summed E-state index contributed by atoms with van der Waals surface area (Å²) in [5.41, 5.74) is 7.15. The predicted molar refractivity (Wildman–Crippen MR) is 78.5 cm³/mol. The number of aromatic nitrogens is 1. The molecule has 0 bridgehead atoms. The van der Waals surface area contributed by atoms with Crippen LogP contribution in [0.5, 0.6) is 5.88 Å². The SMILES string of the molecule is COC(=O)c1cc(N)cnc1OCc1ccccc1Br. The van der Waals surface area contributed by atoms with E-state index in [0.29, 0.717) is 5.69 Å². The van der Waals surface area contributed by atoms with Gasteiger partial charge in [-0.15, -0.1) is 0 Å². The van der Waals surface area contributed by atoms with Crippen molar-refractivity contribution in [3.8, 4) is 5.88 Å². The van der Waals surface area contributed by atoms with Gasteiger partial charge < -0.3 is 15.2 Å². The van der Waals surface area contributed by atoms with Crippen LogP contribution in [0.15, 0.2) is 41.0 Å². The van der Waals surface area contributed by atoms with E-state index in [1.54, 1.807) is 0 Å². The highest BCUT2D eigenvalue weighted by molar-refractivity contribution is 9.10. The largest absolute Gasteiger partial charge is 0.472 e. The molecular formula is C14H13BrN2O3. The van der Waals surface area contributed by atoms with E-state index >= 15 is 0 Å². The van der Waals surface area contributed by atoms with Gasteiger partial charge in [0.15, 0.2) is 0 Å². The van der Waals surface area contributed by atoms with Crippen molar-refractivity contribution in [2.75, 3.05) is 12.8 Å². The van der Waals surface area contributed by atoms with E-state index in [9.17, 15) is 4.79 Å². The molecule has 2 aromatic rings. The standard InChI is InChI=1S/C14H13BrN2O3/c1-19-14(18)11-6-10(16)7-17-13(11)20-8-9-4-2-3-5-12(9)15/h2-7H,8,16H2,1H3. The van der Waals surface area contributed by atoms with Gasteiger partial charge in [0.25, 0.3) is 0 Å². The summed E-state index contributed by atoms with van der Waals surface area (Å²) in [6, 6.07) is 9.12. The Morgan fingerprint density at radius 3 is 2.85 bits per heavy atom. The number of hydrogen-bond donors (Lipinski definition) is 1. The number of nitrogens with zero attached hydrogens (tertiary/aromatic N) is 1. The van der Waals surface area contributed by atoms with Crippen molar-refractivity contribution >= 4 is 27.6 Å². The Bertz CT molecular complexity index is 632. The van der Waals surface area contributed by atoms with Crippen LogP contribution in [0.1, 0.15) is 15.9 Å². The molecular weight excluding hydrogens is 324 g/mol. The van der Waals surface area contributed by atoms with E-state index in [2.05, 4.69) is 25.7 Å². The Hall–Kier alpha value is -2.08. The predicted octanol–water partition coefficient (Wildman–Crippen LogP) is 2.79. The maximum Gasteiger partial charge on any atom is 0.343 e. The Morgan fingerprint density at radius 1 is 1.40 bits per heavy atom. The fraction of sp³-hybridized carbons (Fsp3) is 0.143. The summed E-state index contributed by atoms with van der Waals surface area (Å²) in [4.78, 5) is 15.7. The second-order valence-electron chi connectivity index (χ2n) is 3.99. The summed E-state index contributed by atoms with van der Waals surface area (Å²) < 4.78 is 11.2. The van der Waals surface area contributed by atoms with E-state index in [1.807, 2.05) is 24.3 Å². The molecule has 0 saturated carbocycles. The molecule has 2 N–H and O–H groups in total. The van der Waals surface area contributed by atoms with Gasteiger partial charge >= 0.3 is 5.97 Å². The molecule has 0 aliphatic carbocycles. The molecule has 1 aromatic heterocycles. The second-order valence-corrected chi connectivity index (χ2v) is 4.85. The maximum absolute atomic E-state index is 11.7. The quantitative estimate of drug-likeness (QED) is 0.869. The van der Waals surface area contributed by atoms with Crippen molar-refractivity contribution in [3.05, 3.63) is 52.1 Å². The number of benzene rings is 1. The highest BCUT2D eigenvalue weighted by Gasteiger charge is 2.15. The van der Waals surface area contributed by atoms with Gasteiger partial charge in [0, 0.05) is 10.0 Å². The topological polar surface area (TPSA) is 74.4 Å². The van der Waals surface area contributed by atoms with Crippen molar-refractivity contribution in [1.29, 1.82) is 0 Å². The average Bonchev–Trinajstić information content (AvgIpc) is 2.46. The first-order valence-corrected chi connectivity index (χ1v) is 6.61. The smallest absolute Gasteiger partial charge is 0.343 e. The van der Waals surface area contributed by atoms with Crippen LogP contribution in [0, 0.1) is 0 Å². The number of nitrogens with two attached hydrogens (primary N) is 1. The number of ether oxygens (including phenoxy) is 2. The van der Waals surface area contributed by atoms with Crippen molar-refractivity contribution in [1.82, 2.24) is 4.98 Å². The summed E-state index contributed by atoms with van der Waals surface area (Å²) in [7, 11) is 1.29. The number of rotatable bonds is 4. The van der Waals surface area contributed by atoms with Gasteiger partial charge in [0.05, 0.1) is 19.0 Å². The molecule has 6 heteroatoms. The summed E-state index contributed by atoms with van der Waals surface area (Å²) in [6.45, 7) is 0.280. The fourth-order valence-electron chi connectivity index (χ4n) is 1.60. The van der Waals surface area contributed by atoms with Crippen LogP contribution in [0.4, 0.5) is 5.69 Å². The Kier molecular flexibility index (Phi) is 4.57. The van der Waals surface area contributed by atoms with E-state index in [0.717, 1.165) is 10.0 Å². The number of halogens is 1. The number of anilines is 1. The van der Waals surface area contributed by atoms with E-state index < -0.39 is 5.97 Å². The summed E-state index contributed by atoms with van der Waals surface area (Å²) >= 11 is 3.43. The van der Waals surface area contributed by atoms with Crippen LogP contribution >= 0.6 is 15.9 Å². The zero-order valence-electron chi connectivity index (χ0n) is 10.8. The summed E-state index contributed by atoms with van der Waals surface area (Å²) in [5.74, 6) is -0.339. The van der Waals surface area contributed by atoms with E-state index in [4.69, 9.17) is 10.5 Å². The maximum atomic E-state index is 11.7. The Morgan fingerprint density at radius 2 is 2.15 bits per heavy atom. The van der Waals surface area contributed by atoms with Gasteiger partial charge in [-0.25, -0.2) is 9.78 Å². The van der Waals surface area contributed by atoms with Crippen molar-refractivity contribution < 1.29 is 14.3 Å². The number of esters is 1. The minimum absolute atomic E-state index is 0.196. The van der Waals surface area contributed by atoms with Crippen molar-refractivity contribution in [2.45, 2.75) is 6.61 Å². The zero-order valence-corrected chi connectivity index (χ0v) is 12.4. The number of hydrogen-bond acceptors (Lipinski definition) is 5. The number of carbonyl (C=O) groups is 1. The van der Waals surface area contributed by atoms with Crippen LogP contribution in [0.2, 0.25) is 0 Å². The van der Waals surface area contributed by atoms with Gasteiger partial charge in [-0.2, -0.15) is 0 Å². The second kappa shape index (κ2) is 6.38. The third-order valence-corrected chi connectivity index (χ3v) is 3.37. The van der Waals surface area contributed by atoms with Gasteiger partial charge in [0.1, 0.15) is 12.2 Å². The van der Waals surface area contributed by atoms with Crippen LogP contribution in [0.3, 0.4) is 0 Å². The molecule has 1 aromatic carbocycles. The van der Waals surface area contributed by atoms with Crippen molar-refractivity contribution in [3.63, 3.8) is 0 Å². The molecule has 1 heterocycles. The Labute approximate surface area is 124 Å². The molecule has 2 rings (SSSR count). The number of carbonyl (C=O) groups excluding carboxylic acids is 1. The van der Waals surface area contributed by atoms with Crippen LogP contribution in [0.25, 0.3) is 0 Å². The van der Waals surface area contributed by atoms with Crippen molar-refractivity contribution in [2.24, 2.45) is 0 Å². The third kappa shape index (κ3) is 3.27. The molecule has 0 saturated heterocycles. The van der Waals surface area contributed by atoms with Gasteiger partial charge in [-0.1, -0.05) is 34.1 Å². The first-order valence-electron chi connectivity index (χ1n) is 5.82. The first kappa shape index (κ1) is 14.3. The lowest BCUT2D eigenvalue weighted by atomic mass is 10.2. The van der Waals surface area contributed by atoms with Gasteiger partial charge in [0.2, 0.25) is 5.88 Å². The van der Waals surface area contributed by atoms with Crippen LogP contribution < -0.4 is 10.5 Å². The minimum Gasteiger partial charge on any atom is -0.472 e. The fourth-order valence-corrected chi connectivity index (χ4v) is 2.00.